The average molecular weight is 319 g/mol. The first-order valence-electron chi connectivity index (χ1n) is 6.42. The Morgan fingerprint density at radius 2 is 1.61 bits per heavy atom. The van der Waals surface area contributed by atoms with Crippen LogP contribution >= 0.6 is 0 Å². The second kappa shape index (κ2) is 7.13. The number of carboxylic acids is 2. The predicted octanol–water partition coefficient (Wildman–Crippen LogP) is 0.416. The van der Waals surface area contributed by atoms with Gasteiger partial charge in [0.15, 0.2) is 0 Å². The normalized spacial score (nSPS) is 10.1. The highest BCUT2D eigenvalue weighted by Gasteiger charge is 2.12. The van der Waals surface area contributed by atoms with Crippen molar-refractivity contribution < 1.29 is 24.9 Å². The zero-order valence-corrected chi connectivity index (χ0v) is 11.7. The van der Waals surface area contributed by atoms with Crippen LogP contribution < -0.4 is 10.6 Å². The van der Waals surface area contributed by atoms with E-state index in [2.05, 4.69) is 25.6 Å². The van der Waals surface area contributed by atoms with Crippen molar-refractivity contribution in [3.8, 4) is 0 Å². The number of hydrogen-bond donors (Lipinski definition) is 5. The van der Waals surface area contributed by atoms with Crippen molar-refractivity contribution in [3.63, 3.8) is 0 Å². The summed E-state index contributed by atoms with van der Waals surface area (Å²) in [5.41, 5.74) is -0.151. The van der Waals surface area contributed by atoms with Gasteiger partial charge in [0.05, 0.1) is 17.7 Å². The summed E-state index contributed by atoms with van der Waals surface area (Å²) in [5, 5.41) is 32.3. The minimum atomic E-state index is -1.25. The van der Waals surface area contributed by atoms with Gasteiger partial charge in [0.1, 0.15) is 6.33 Å². The van der Waals surface area contributed by atoms with Gasteiger partial charge in [-0.25, -0.2) is 19.6 Å². The van der Waals surface area contributed by atoms with Crippen molar-refractivity contribution in [3.05, 3.63) is 35.7 Å². The van der Waals surface area contributed by atoms with Gasteiger partial charge in [-0.05, 0) is 18.2 Å². The molecule has 0 bridgehead atoms. The van der Waals surface area contributed by atoms with E-state index in [0.717, 1.165) is 6.07 Å². The molecule has 0 saturated heterocycles. The monoisotopic (exact) mass is 319 g/mol. The molecule has 120 valence electrons. The molecule has 0 saturated carbocycles. The van der Waals surface area contributed by atoms with Gasteiger partial charge in [0.25, 0.3) is 0 Å². The zero-order valence-electron chi connectivity index (χ0n) is 11.7. The summed E-state index contributed by atoms with van der Waals surface area (Å²) in [6.07, 6.45) is 1.22. The van der Waals surface area contributed by atoms with Crippen LogP contribution in [-0.4, -0.2) is 55.4 Å². The summed E-state index contributed by atoms with van der Waals surface area (Å²) in [6, 6.07) is 3.58. The number of nitrogens with zero attached hydrogens (tertiary/aromatic N) is 3. The maximum absolute atomic E-state index is 11.1. The van der Waals surface area contributed by atoms with E-state index in [1.807, 2.05) is 0 Å². The zero-order chi connectivity index (χ0) is 16.8. The summed E-state index contributed by atoms with van der Waals surface area (Å²) in [5.74, 6) is -2.20. The van der Waals surface area contributed by atoms with E-state index in [-0.39, 0.29) is 41.9 Å². The standard InChI is InChI=1S/C13H13N5O5/c19-2-1-14-12-15-6-16-13(18-12)17-9-4-7(10(20)21)3-8(5-9)11(22)23/h3-6,19H,1-2H2,(H,20,21)(H,22,23)(H2,14,15,16,17,18). The maximum Gasteiger partial charge on any atom is 0.335 e. The van der Waals surface area contributed by atoms with Crippen LogP contribution in [-0.2, 0) is 0 Å². The molecule has 10 nitrogen and oxygen atoms in total. The lowest BCUT2D eigenvalue weighted by Gasteiger charge is -2.08. The largest absolute Gasteiger partial charge is 0.478 e. The number of aromatic nitrogens is 3. The number of hydrogen-bond acceptors (Lipinski definition) is 8. The number of carboxylic acid groups (broad SMARTS) is 2. The number of aliphatic hydroxyl groups excluding tert-OH is 1. The Morgan fingerprint density at radius 1 is 1.00 bits per heavy atom. The van der Waals surface area contributed by atoms with Crippen LogP contribution in [0, 0.1) is 0 Å². The molecule has 0 spiro atoms. The molecule has 0 aliphatic rings. The van der Waals surface area contributed by atoms with Crippen molar-refractivity contribution in [1.29, 1.82) is 0 Å². The molecule has 0 amide bonds. The number of aromatic carboxylic acids is 2. The Hall–Kier alpha value is -3.27. The van der Waals surface area contributed by atoms with Crippen LogP contribution in [0.3, 0.4) is 0 Å². The summed E-state index contributed by atoms with van der Waals surface area (Å²) in [7, 11) is 0. The molecule has 0 atom stereocenters. The minimum absolute atomic E-state index is 0.0966. The molecule has 0 fully saturated rings. The fourth-order valence-corrected chi connectivity index (χ4v) is 1.69. The van der Waals surface area contributed by atoms with Gasteiger partial charge >= 0.3 is 11.9 Å². The second-order valence-corrected chi connectivity index (χ2v) is 4.32. The highest BCUT2D eigenvalue weighted by atomic mass is 16.4. The molecule has 0 radical (unpaired) electrons. The first-order valence-corrected chi connectivity index (χ1v) is 6.42. The first-order chi connectivity index (χ1) is 11.0. The Labute approximate surface area is 129 Å². The molecule has 1 aromatic carbocycles. The van der Waals surface area contributed by atoms with E-state index in [1.165, 1.54) is 18.5 Å². The summed E-state index contributed by atoms with van der Waals surface area (Å²) in [6.45, 7) is 0.151. The van der Waals surface area contributed by atoms with Gasteiger partial charge in [0, 0.05) is 12.2 Å². The van der Waals surface area contributed by atoms with Gasteiger partial charge in [-0.3, -0.25) is 0 Å². The lowest BCUT2D eigenvalue weighted by molar-refractivity contribution is 0.0696. The van der Waals surface area contributed by atoms with Crippen LogP contribution in [0.15, 0.2) is 24.5 Å². The Bertz CT molecular complexity index is 704. The Kier molecular flexibility index (Phi) is 5.00. The van der Waals surface area contributed by atoms with Gasteiger partial charge in [-0.1, -0.05) is 0 Å². The van der Waals surface area contributed by atoms with Crippen LogP contribution in [0.1, 0.15) is 20.7 Å². The van der Waals surface area contributed by atoms with Gasteiger partial charge in [0.2, 0.25) is 11.9 Å². The maximum atomic E-state index is 11.1. The number of anilines is 3. The lowest BCUT2D eigenvalue weighted by atomic mass is 10.1. The molecule has 1 aromatic heterocycles. The van der Waals surface area contributed by atoms with Crippen molar-refractivity contribution in [2.24, 2.45) is 0 Å². The molecule has 0 aliphatic heterocycles. The number of rotatable bonds is 7. The van der Waals surface area contributed by atoms with E-state index in [1.54, 1.807) is 0 Å². The number of aliphatic hydroxyl groups is 1. The Morgan fingerprint density at radius 3 is 2.17 bits per heavy atom. The highest BCUT2D eigenvalue weighted by Crippen LogP contribution is 2.18. The number of nitrogens with one attached hydrogen (secondary N) is 2. The van der Waals surface area contributed by atoms with Crippen molar-refractivity contribution >= 4 is 29.5 Å². The SMILES string of the molecule is O=C(O)c1cc(Nc2ncnc(NCCO)n2)cc(C(=O)O)c1. The average Bonchev–Trinajstić information content (AvgIpc) is 2.53. The molecule has 0 aliphatic carbocycles. The van der Waals surface area contributed by atoms with Gasteiger partial charge < -0.3 is 26.0 Å². The van der Waals surface area contributed by atoms with E-state index in [0.29, 0.717) is 0 Å². The third-order valence-corrected chi connectivity index (χ3v) is 2.65. The topological polar surface area (TPSA) is 158 Å². The molecule has 1 heterocycles. The van der Waals surface area contributed by atoms with Crippen molar-refractivity contribution in [2.75, 3.05) is 23.8 Å². The fraction of sp³-hybridized carbons (Fsp3) is 0.154. The van der Waals surface area contributed by atoms with E-state index >= 15 is 0 Å². The molecular weight excluding hydrogens is 306 g/mol. The summed E-state index contributed by atoms with van der Waals surface area (Å²) >= 11 is 0. The van der Waals surface area contributed by atoms with Crippen molar-refractivity contribution in [2.45, 2.75) is 0 Å². The predicted molar refractivity (Wildman–Crippen MR) is 79.0 cm³/mol. The quantitative estimate of drug-likeness (QED) is 0.484. The molecule has 0 unspecified atom stereocenters. The second-order valence-electron chi connectivity index (χ2n) is 4.32. The van der Waals surface area contributed by atoms with Crippen LogP contribution in [0.25, 0.3) is 0 Å². The van der Waals surface area contributed by atoms with Crippen LogP contribution in [0.5, 0.6) is 0 Å². The van der Waals surface area contributed by atoms with Crippen LogP contribution in [0.2, 0.25) is 0 Å². The van der Waals surface area contributed by atoms with Gasteiger partial charge in [-0.2, -0.15) is 4.98 Å². The van der Waals surface area contributed by atoms with Gasteiger partial charge in [-0.15, -0.1) is 0 Å². The smallest absolute Gasteiger partial charge is 0.335 e. The minimum Gasteiger partial charge on any atom is -0.478 e. The number of benzene rings is 1. The summed E-state index contributed by atoms with van der Waals surface area (Å²) in [4.78, 5) is 33.8. The number of carbonyl (C=O) groups is 2. The van der Waals surface area contributed by atoms with Crippen molar-refractivity contribution in [1.82, 2.24) is 15.0 Å². The lowest BCUT2D eigenvalue weighted by Crippen LogP contribution is -2.10. The molecule has 5 N–H and O–H groups in total. The molecule has 10 heteroatoms. The molecule has 23 heavy (non-hydrogen) atoms. The highest BCUT2D eigenvalue weighted by molar-refractivity contribution is 5.95. The van der Waals surface area contributed by atoms with E-state index in [4.69, 9.17) is 15.3 Å². The third kappa shape index (κ3) is 4.35. The molecule has 2 aromatic rings. The van der Waals surface area contributed by atoms with E-state index < -0.39 is 11.9 Å². The molecular formula is C13H13N5O5. The summed E-state index contributed by atoms with van der Waals surface area (Å²) < 4.78 is 0. The Balaban J connectivity index is 2.28. The molecule has 2 rings (SSSR count). The first kappa shape index (κ1) is 16.1. The van der Waals surface area contributed by atoms with E-state index in [9.17, 15) is 9.59 Å². The van der Waals surface area contributed by atoms with Crippen LogP contribution in [0.4, 0.5) is 17.6 Å². The fourth-order valence-electron chi connectivity index (χ4n) is 1.69. The third-order valence-electron chi connectivity index (χ3n) is 2.65.